The van der Waals surface area contributed by atoms with E-state index in [-0.39, 0.29) is 11.9 Å². The quantitative estimate of drug-likeness (QED) is 0.324. The van der Waals surface area contributed by atoms with E-state index in [1.54, 1.807) is 12.1 Å². The number of epoxide rings is 1. The Morgan fingerprint density at radius 1 is 0.933 bits per heavy atom. The molecule has 0 radical (unpaired) electrons. The summed E-state index contributed by atoms with van der Waals surface area (Å²) in [7, 11) is 0. The molecule has 0 bridgehead atoms. The zero-order valence-corrected chi connectivity index (χ0v) is 18.3. The molecule has 3 fully saturated rings. The van der Waals surface area contributed by atoms with Crippen molar-refractivity contribution in [2.75, 3.05) is 13.2 Å². The minimum Gasteiger partial charge on any atom is -0.490 e. The van der Waals surface area contributed by atoms with E-state index in [9.17, 15) is 8.78 Å². The Bertz CT molecular complexity index is 712. The summed E-state index contributed by atoms with van der Waals surface area (Å²) in [5, 5.41) is 0. The highest BCUT2D eigenvalue weighted by Crippen LogP contribution is 2.42. The van der Waals surface area contributed by atoms with Crippen LogP contribution >= 0.6 is 0 Å². The molecule has 2 nitrogen and oxygen atoms in total. The Labute approximate surface area is 180 Å². The lowest BCUT2D eigenvalue weighted by atomic mass is 9.69. The molecule has 2 aliphatic carbocycles. The van der Waals surface area contributed by atoms with Gasteiger partial charge in [0.25, 0.3) is 0 Å². The van der Waals surface area contributed by atoms with E-state index in [4.69, 9.17) is 9.47 Å². The molecule has 0 spiro atoms. The molecule has 0 aromatic heterocycles. The maximum absolute atomic E-state index is 14.3. The predicted molar refractivity (Wildman–Crippen MR) is 115 cm³/mol. The SMILES string of the molecule is C/C=C/CCC1CCC(C2CCC(COc3ccc(C4CO4)c(F)c3F)CC2)CC1. The van der Waals surface area contributed by atoms with Gasteiger partial charge in [-0.3, -0.25) is 0 Å². The molecule has 4 heteroatoms. The van der Waals surface area contributed by atoms with E-state index in [2.05, 4.69) is 19.1 Å². The fourth-order valence-electron chi connectivity index (χ4n) is 5.62. The molecule has 0 N–H and O–H groups in total. The Balaban J connectivity index is 1.18. The Morgan fingerprint density at radius 2 is 1.57 bits per heavy atom. The minimum atomic E-state index is -0.872. The van der Waals surface area contributed by atoms with Crippen molar-refractivity contribution in [2.45, 2.75) is 77.2 Å². The third kappa shape index (κ3) is 5.43. The highest BCUT2D eigenvalue weighted by Gasteiger charge is 2.32. The van der Waals surface area contributed by atoms with Crippen molar-refractivity contribution in [3.8, 4) is 5.75 Å². The number of hydrogen-bond donors (Lipinski definition) is 0. The van der Waals surface area contributed by atoms with Crippen LogP contribution in [0.3, 0.4) is 0 Å². The first-order valence-electron chi connectivity index (χ1n) is 12.0. The fraction of sp³-hybridized carbons (Fsp3) is 0.692. The number of allylic oxidation sites excluding steroid dienone is 2. The summed E-state index contributed by atoms with van der Waals surface area (Å²) in [6.07, 6.45) is 17.2. The van der Waals surface area contributed by atoms with E-state index in [0.29, 0.717) is 24.7 Å². The smallest absolute Gasteiger partial charge is 0.200 e. The Hall–Kier alpha value is -1.42. The van der Waals surface area contributed by atoms with Crippen molar-refractivity contribution in [1.29, 1.82) is 0 Å². The van der Waals surface area contributed by atoms with E-state index < -0.39 is 11.6 Å². The van der Waals surface area contributed by atoms with Gasteiger partial charge in [-0.05, 0) is 94.1 Å². The topological polar surface area (TPSA) is 21.8 Å². The lowest BCUT2D eigenvalue weighted by Crippen LogP contribution is -2.27. The van der Waals surface area contributed by atoms with Crippen LogP contribution in [-0.4, -0.2) is 13.2 Å². The second-order valence-corrected chi connectivity index (χ2v) is 9.62. The van der Waals surface area contributed by atoms with Crippen molar-refractivity contribution in [3.63, 3.8) is 0 Å². The standard InChI is InChI=1S/C26H36F2O2/c1-2-3-4-5-18-6-10-20(11-7-18)21-12-8-19(9-13-21)16-29-23-15-14-22(24-17-30-24)25(27)26(23)28/h2-3,14-15,18-21,24H,4-13,16-17H2,1H3/b3-2+. The van der Waals surface area contributed by atoms with E-state index >= 15 is 0 Å². The van der Waals surface area contributed by atoms with Crippen molar-refractivity contribution in [1.82, 2.24) is 0 Å². The summed E-state index contributed by atoms with van der Waals surface area (Å²) in [6.45, 7) is 3.06. The van der Waals surface area contributed by atoms with Gasteiger partial charge < -0.3 is 9.47 Å². The Morgan fingerprint density at radius 3 is 2.17 bits per heavy atom. The van der Waals surface area contributed by atoms with Gasteiger partial charge in [-0.15, -0.1) is 0 Å². The van der Waals surface area contributed by atoms with Crippen molar-refractivity contribution < 1.29 is 18.3 Å². The molecule has 1 unspecified atom stereocenters. The van der Waals surface area contributed by atoms with Crippen LogP contribution in [0.2, 0.25) is 0 Å². The normalized spacial score (nSPS) is 31.8. The lowest BCUT2D eigenvalue weighted by molar-refractivity contribution is 0.120. The van der Waals surface area contributed by atoms with Gasteiger partial charge in [0, 0.05) is 5.56 Å². The summed E-state index contributed by atoms with van der Waals surface area (Å²) in [5.74, 6) is 1.47. The molecule has 3 aliphatic rings. The first kappa shape index (κ1) is 21.8. The minimum absolute atomic E-state index is 0.0373. The molecule has 1 aliphatic heterocycles. The van der Waals surface area contributed by atoms with Crippen molar-refractivity contribution in [3.05, 3.63) is 41.5 Å². The van der Waals surface area contributed by atoms with Crippen LogP contribution in [0.15, 0.2) is 24.3 Å². The summed E-state index contributed by atoms with van der Waals surface area (Å²) in [6, 6.07) is 3.15. The maximum atomic E-state index is 14.3. The highest BCUT2D eigenvalue weighted by molar-refractivity contribution is 5.33. The zero-order valence-electron chi connectivity index (χ0n) is 18.3. The molecule has 30 heavy (non-hydrogen) atoms. The van der Waals surface area contributed by atoms with Gasteiger partial charge >= 0.3 is 0 Å². The van der Waals surface area contributed by atoms with Crippen LogP contribution in [0.4, 0.5) is 8.78 Å². The third-order valence-electron chi connectivity index (χ3n) is 7.66. The average Bonchev–Trinajstić information content (AvgIpc) is 3.61. The summed E-state index contributed by atoms with van der Waals surface area (Å²) in [4.78, 5) is 0. The van der Waals surface area contributed by atoms with Gasteiger partial charge in [0.15, 0.2) is 11.6 Å². The van der Waals surface area contributed by atoms with Gasteiger partial charge in [-0.2, -0.15) is 4.39 Å². The molecule has 1 aromatic carbocycles. The molecule has 1 heterocycles. The van der Waals surface area contributed by atoms with Crippen LogP contribution in [-0.2, 0) is 4.74 Å². The second kappa shape index (κ2) is 10.3. The number of hydrogen-bond acceptors (Lipinski definition) is 2. The monoisotopic (exact) mass is 418 g/mol. The fourth-order valence-corrected chi connectivity index (χ4v) is 5.62. The van der Waals surface area contributed by atoms with Crippen LogP contribution < -0.4 is 4.74 Å². The van der Waals surface area contributed by atoms with E-state index in [0.717, 1.165) is 30.6 Å². The van der Waals surface area contributed by atoms with E-state index in [1.807, 2.05) is 0 Å². The second-order valence-electron chi connectivity index (χ2n) is 9.62. The largest absolute Gasteiger partial charge is 0.490 e. The molecule has 1 saturated heterocycles. The summed E-state index contributed by atoms with van der Waals surface area (Å²) in [5.41, 5.74) is 0.303. The maximum Gasteiger partial charge on any atom is 0.200 e. The summed E-state index contributed by atoms with van der Waals surface area (Å²) >= 11 is 0. The predicted octanol–water partition coefficient (Wildman–Crippen LogP) is 7.38. The molecular weight excluding hydrogens is 382 g/mol. The molecule has 1 atom stereocenters. The molecule has 166 valence electrons. The number of rotatable bonds is 8. The molecule has 0 amide bonds. The van der Waals surface area contributed by atoms with Crippen LogP contribution in [0.5, 0.6) is 5.75 Å². The van der Waals surface area contributed by atoms with E-state index in [1.165, 1.54) is 51.4 Å². The van der Waals surface area contributed by atoms with Crippen LogP contribution in [0.25, 0.3) is 0 Å². The molecule has 4 rings (SSSR count). The summed E-state index contributed by atoms with van der Waals surface area (Å²) < 4.78 is 39.2. The van der Waals surface area contributed by atoms with Crippen LogP contribution in [0.1, 0.15) is 82.8 Å². The van der Waals surface area contributed by atoms with Gasteiger partial charge in [0.2, 0.25) is 5.82 Å². The molecular formula is C26H36F2O2. The van der Waals surface area contributed by atoms with Crippen molar-refractivity contribution in [2.24, 2.45) is 23.7 Å². The first-order chi connectivity index (χ1) is 14.7. The highest BCUT2D eigenvalue weighted by atomic mass is 19.2. The van der Waals surface area contributed by atoms with Crippen molar-refractivity contribution >= 4 is 0 Å². The number of ether oxygens (including phenoxy) is 2. The van der Waals surface area contributed by atoms with Gasteiger partial charge in [-0.1, -0.05) is 25.0 Å². The lowest BCUT2D eigenvalue weighted by Gasteiger charge is -2.37. The number of benzene rings is 1. The molecule has 1 aromatic rings. The third-order valence-corrected chi connectivity index (χ3v) is 7.66. The zero-order chi connectivity index (χ0) is 20.9. The Kier molecular flexibility index (Phi) is 7.45. The molecule has 2 saturated carbocycles. The van der Waals surface area contributed by atoms with Gasteiger partial charge in [0.05, 0.1) is 13.2 Å². The number of halogens is 2. The van der Waals surface area contributed by atoms with Gasteiger partial charge in [-0.25, -0.2) is 4.39 Å². The average molecular weight is 419 g/mol. The first-order valence-corrected chi connectivity index (χ1v) is 12.0. The van der Waals surface area contributed by atoms with Crippen LogP contribution in [0, 0.1) is 35.3 Å². The van der Waals surface area contributed by atoms with Gasteiger partial charge in [0.1, 0.15) is 6.10 Å².